The molecule has 0 aliphatic rings. The number of nitrogens with one attached hydrogen (secondary N) is 1. The molecule has 0 heterocycles. The zero-order valence-corrected chi connectivity index (χ0v) is 9.77. The maximum atomic E-state index is 13.1. The highest BCUT2D eigenvalue weighted by Crippen LogP contribution is 2.20. The van der Waals surface area contributed by atoms with Crippen LogP contribution in [0, 0.1) is 12.7 Å². The van der Waals surface area contributed by atoms with Crippen LogP contribution in [0.5, 0.6) is 5.75 Å². The van der Waals surface area contributed by atoms with Crippen molar-refractivity contribution in [2.45, 2.75) is 6.92 Å². The number of carbonyl (C=O) groups excluding carboxylic acids is 1. The minimum atomic E-state index is -0.767. The summed E-state index contributed by atoms with van der Waals surface area (Å²) < 4.78 is 13.1. The Balaban J connectivity index is 2.18. The number of phenolic OH excluding ortho intramolecular Hbond substituents is 1. The van der Waals surface area contributed by atoms with E-state index in [1.807, 2.05) is 13.0 Å². The molecule has 0 radical (unpaired) electrons. The van der Waals surface area contributed by atoms with Crippen LogP contribution in [0.25, 0.3) is 0 Å². The fraction of sp³-hybridized carbons (Fsp3) is 0.0714. The second-order valence-electron chi connectivity index (χ2n) is 3.99. The van der Waals surface area contributed by atoms with E-state index in [9.17, 15) is 9.18 Å². The highest BCUT2D eigenvalue weighted by atomic mass is 19.1. The minimum absolute atomic E-state index is 0.303. The number of aryl methyl sites for hydroxylation is 1. The summed E-state index contributed by atoms with van der Waals surface area (Å²) in [5, 5.41) is 11.6. The number of halogens is 1. The number of phenols is 1. The molecular weight excluding hydrogens is 233 g/mol. The molecule has 18 heavy (non-hydrogen) atoms. The van der Waals surface area contributed by atoms with E-state index in [-0.39, 0.29) is 5.91 Å². The quantitative estimate of drug-likeness (QED) is 0.799. The van der Waals surface area contributed by atoms with Gasteiger partial charge in [0.2, 0.25) is 0 Å². The molecule has 2 N–H and O–H groups in total. The van der Waals surface area contributed by atoms with E-state index in [1.165, 1.54) is 12.1 Å². The summed E-state index contributed by atoms with van der Waals surface area (Å²) in [6.45, 7) is 1.89. The van der Waals surface area contributed by atoms with Crippen LogP contribution in [0.4, 0.5) is 10.1 Å². The first-order chi connectivity index (χ1) is 8.56. The van der Waals surface area contributed by atoms with Crippen molar-refractivity contribution in [1.82, 2.24) is 0 Å². The monoisotopic (exact) mass is 245 g/mol. The van der Waals surface area contributed by atoms with Crippen LogP contribution in [-0.2, 0) is 0 Å². The van der Waals surface area contributed by atoms with E-state index >= 15 is 0 Å². The van der Waals surface area contributed by atoms with Gasteiger partial charge in [0.05, 0.1) is 0 Å². The van der Waals surface area contributed by atoms with Crippen LogP contribution in [0.1, 0.15) is 15.9 Å². The van der Waals surface area contributed by atoms with Gasteiger partial charge < -0.3 is 10.4 Å². The van der Waals surface area contributed by atoms with Crippen LogP contribution < -0.4 is 5.32 Å². The number of benzene rings is 2. The highest BCUT2D eigenvalue weighted by Gasteiger charge is 2.07. The largest absolute Gasteiger partial charge is 0.505 e. The Morgan fingerprint density at radius 1 is 1.22 bits per heavy atom. The molecule has 0 aromatic heterocycles. The summed E-state index contributed by atoms with van der Waals surface area (Å²) >= 11 is 0. The number of anilines is 1. The highest BCUT2D eigenvalue weighted by molar-refractivity contribution is 6.04. The first kappa shape index (κ1) is 12.1. The van der Waals surface area contributed by atoms with Gasteiger partial charge in [0.15, 0.2) is 11.6 Å². The smallest absolute Gasteiger partial charge is 0.255 e. The number of hydrogen-bond acceptors (Lipinski definition) is 2. The zero-order valence-electron chi connectivity index (χ0n) is 9.77. The van der Waals surface area contributed by atoms with Gasteiger partial charge in [-0.15, -0.1) is 0 Å². The maximum Gasteiger partial charge on any atom is 0.255 e. The predicted molar refractivity (Wildman–Crippen MR) is 67.2 cm³/mol. The molecule has 0 aliphatic heterocycles. The summed E-state index contributed by atoms with van der Waals surface area (Å²) in [4.78, 5) is 11.9. The van der Waals surface area contributed by atoms with Crippen molar-refractivity contribution in [3.05, 3.63) is 59.4 Å². The maximum absolute atomic E-state index is 13.1. The lowest BCUT2D eigenvalue weighted by atomic mass is 10.1. The molecule has 2 aromatic carbocycles. The standard InChI is InChI=1S/C14H12FNO2/c1-9-3-2-4-10(7-9)14(18)16-11-5-6-13(17)12(15)8-11/h2-8,17H,1H3,(H,16,18). The lowest BCUT2D eigenvalue weighted by Crippen LogP contribution is -2.12. The lowest BCUT2D eigenvalue weighted by Gasteiger charge is -2.06. The number of rotatable bonds is 2. The second-order valence-corrected chi connectivity index (χ2v) is 3.99. The number of carbonyl (C=O) groups is 1. The summed E-state index contributed by atoms with van der Waals surface area (Å²) in [6, 6.07) is 10.8. The Morgan fingerprint density at radius 3 is 2.67 bits per heavy atom. The third kappa shape index (κ3) is 2.66. The average molecular weight is 245 g/mol. The molecular formula is C14H12FNO2. The molecule has 0 atom stereocenters. The first-order valence-electron chi connectivity index (χ1n) is 5.43. The Labute approximate surface area is 104 Å². The van der Waals surface area contributed by atoms with E-state index in [1.54, 1.807) is 18.2 Å². The van der Waals surface area contributed by atoms with Crippen molar-refractivity contribution in [3.8, 4) is 5.75 Å². The Kier molecular flexibility index (Phi) is 3.28. The van der Waals surface area contributed by atoms with Crippen molar-refractivity contribution >= 4 is 11.6 Å². The van der Waals surface area contributed by atoms with E-state index in [0.29, 0.717) is 11.3 Å². The van der Waals surface area contributed by atoms with Gasteiger partial charge in [-0.2, -0.15) is 0 Å². The molecule has 2 rings (SSSR count). The Morgan fingerprint density at radius 2 is 2.00 bits per heavy atom. The molecule has 1 amide bonds. The van der Waals surface area contributed by atoms with Crippen molar-refractivity contribution in [3.63, 3.8) is 0 Å². The van der Waals surface area contributed by atoms with Crippen LogP contribution in [0.15, 0.2) is 42.5 Å². The molecule has 2 aromatic rings. The molecule has 0 bridgehead atoms. The average Bonchev–Trinajstić information content (AvgIpc) is 2.34. The molecule has 0 unspecified atom stereocenters. The lowest BCUT2D eigenvalue weighted by molar-refractivity contribution is 0.102. The minimum Gasteiger partial charge on any atom is -0.505 e. The molecule has 0 fully saturated rings. The fourth-order valence-electron chi connectivity index (χ4n) is 1.57. The third-order valence-electron chi connectivity index (χ3n) is 2.49. The summed E-state index contributed by atoms with van der Waals surface area (Å²) in [5.74, 6) is -1.52. The van der Waals surface area contributed by atoms with Crippen LogP contribution >= 0.6 is 0 Å². The molecule has 3 nitrogen and oxygen atoms in total. The number of hydrogen-bond donors (Lipinski definition) is 2. The van der Waals surface area contributed by atoms with Crippen molar-refractivity contribution < 1.29 is 14.3 Å². The van der Waals surface area contributed by atoms with Crippen LogP contribution in [-0.4, -0.2) is 11.0 Å². The normalized spacial score (nSPS) is 10.1. The second kappa shape index (κ2) is 4.87. The van der Waals surface area contributed by atoms with Crippen molar-refractivity contribution in [2.75, 3.05) is 5.32 Å². The summed E-state index contributed by atoms with van der Waals surface area (Å²) in [6.07, 6.45) is 0. The third-order valence-corrected chi connectivity index (χ3v) is 2.49. The first-order valence-corrected chi connectivity index (χ1v) is 5.43. The number of aromatic hydroxyl groups is 1. The van der Waals surface area contributed by atoms with Gasteiger partial charge in [-0.25, -0.2) is 4.39 Å². The van der Waals surface area contributed by atoms with E-state index in [0.717, 1.165) is 11.6 Å². The zero-order chi connectivity index (χ0) is 13.1. The van der Waals surface area contributed by atoms with E-state index < -0.39 is 11.6 Å². The van der Waals surface area contributed by atoms with Crippen LogP contribution in [0.2, 0.25) is 0 Å². The van der Waals surface area contributed by atoms with E-state index in [4.69, 9.17) is 5.11 Å². The summed E-state index contributed by atoms with van der Waals surface area (Å²) in [5.41, 5.74) is 1.78. The molecule has 0 saturated heterocycles. The van der Waals surface area contributed by atoms with Gasteiger partial charge in [-0.05, 0) is 31.2 Å². The van der Waals surface area contributed by atoms with Gasteiger partial charge in [-0.3, -0.25) is 4.79 Å². The molecule has 0 saturated carbocycles. The SMILES string of the molecule is Cc1cccc(C(=O)Nc2ccc(O)c(F)c2)c1. The predicted octanol–water partition coefficient (Wildman–Crippen LogP) is 3.09. The van der Waals surface area contributed by atoms with Gasteiger partial charge in [-0.1, -0.05) is 17.7 Å². The van der Waals surface area contributed by atoms with Gasteiger partial charge in [0, 0.05) is 17.3 Å². The Bertz CT molecular complexity index is 596. The molecule has 0 spiro atoms. The molecule has 0 aliphatic carbocycles. The van der Waals surface area contributed by atoms with Gasteiger partial charge in [0.1, 0.15) is 0 Å². The Hall–Kier alpha value is -2.36. The fourth-order valence-corrected chi connectivity index (χ4v) is 1.57. The van der Waals surface area contributed by atoms with E-state index in [2.05, 4.69) is 5.32 Å². The molecule has 92 valence electrons. The topological polar surface area (TPSA) is 49.3 Å². The van der Waals surface area contributed by atoms with Gasteiger partial charge in [0.25, 0.3) is 5.91 Å². The van der Waals surface area contributed by atoms with Crippen molar-refractivity contribution in [1.29, 1.82) is 0 Å². The molecule has 4 heteroatoms. The van der Waals surface area contributed by atoms with Crippen molar-refractivity contribution in [2.24, 2.45) is 0 Å². The number of amides is 1. The summed E-state index contributed by atoms with van der Waals surface area (Å²) in [7, 11) is 0. The van der Waals surface area contributed by atoms with Crippen LogP contribution in [0.3, 0.4) is 0 Å². The van der Waals surface area contributed by atoms with Gasteiger partial charge >= 0.3 is 0 Å².